The molecule has 1 saturated carbocycles. The van der Waals surface area contributed by atoms with Crippen molar-refractivity contribution in [3.8, 4) is 5.75 Å². The van der Waals surface area contributed by atoms with Gasteiger partial charge in [0.25, 0.3) is 11.8 Å². The highest BCUT2D eigenvalue weighted by atomic mass is 19.3. The number of alkyl halides is 2. The molecule has 0 heterocycles. The van der Waals surface area contributed by atoms with E-state index in [4.69, 9.17) is 4.74 Å². The van der Waals surface area contributed by atoms with Gasteiger partial charge in [-0.2, -0.15) is 0 Å². The smallest absolute Gasteiger partial charge is 0.258 e. The highest BCUT2D eigenvalue weighted by molar-refractivity contribution is 5.97. The van der Waals surface area contributed by atoms with Crippen LogP contribution in [-0.2, 0) is 0 Å². The molecule has 1 fully saturated rings. The molecule has 1 aliphatic rings. The predicted octanol–water partition coefficient (Wildman–Crippen LogP) is 3.87. The van der Waals surface area contributed by atoms with E-state index in [0.29, 0.717) is 0 Å². The van der Waals surface area contributed by atoms with E-state index >= 15 is 0 Å². The number of rotatable bonds is 4. The maximum Gasteiger partial charge on any atom is 0.258 e. The minimum absolute atomic E-state index is 0.0487. The number of benzene rings is 1. The van der Waals surface area contributed by atoms with Gasteiger partial charge in [-0.15, -0.1) is 0 Å². The van der Waals surface area contributed by atoms with Crippen LogP contribution in [0.5, 0.6) is 5.75 Å². The molecule has 0 bridgehead atoms. The third-order valence-electron chi connectivity index (χ3n) is 3.99. The largest absolute Gasteiger partial charge is 0.496 e. The first-order valence-electron chi connectivity index (χ1n) is 7.15. The van der Waals surface area contributed by atoms with Crippen molar-refractivity contribution >= 4 is 5.91 Å². The summed E-state index contributed by atoms with van der Waals surface area (Å²) < 4.78 is 45.2. The van der Waals surface area contributed by atoms with Crippen LogP contribution in [0.3, 0.4) is 0 Å². The van der Waals surface area contributed by atoms with Gasteiger partial charge in [-0.3, -0.25) is 4.79 Å². The number of carbonyl (C=O) groups excluding carboxylic acids is 1. The van der Waals surface area contributed by atoms with E-state index in [-0.39, 0.29) is 30.2 Å². The number of nitrogens with zero attached hydrogens (tertiary/aromatic N) is 1. The molecule has 2 rings (SSSR count). The number of carbonyl (C=O) groups is 1. The van der Waals surface area contributed by atoms with E-state index in [9.17, 15) is 18.0 Å². The highest BCUT2D eigenvalue weighted by Gasteiger charge is 2.58. The van der Waals surface area contributed by atoms with Crippen LogP contribution in [0.1, 0.15) is 44.0 Å². The molecule has 0 radical (unpaired) electrons. The van der Waals surface area contributed by atoms with Gasteiger partial charge in [0.05, 0.1) is 18.2 Å². The van der Waals surface area contributed by atoms with Crippen LogP contribution < -0.4 is 4.74 Å². The van der Waals surface area contributed by atoms with Crippen molar-refractivity contribution in [2.75, 3.05) is 7.11 Å². The van der Waals surface area contributed by atoms with E-state index in [0.717, 1.165) is 6.07 Å². The second-order valence-electron chi connectivity index (χ2n) is 6.32. The molecule has 1 aromatic carbocycles. The fraction of sp³-hybridized carbons (Fsp3) is 0.562. The molecule has 6 heteroatoms. The summed E-state index contributed by atoms with van der Waals surface area (Å²) in [6.45, 7) is 5.14. The lowest BCUT2D eigenvalue weighted by atomic mass is 9.72. The van der Waals surface area contributed by atoms with Gasteiger partial charge in [0, 0.05) is 18.9 Å². The summed E-state index contributed by atoms with van der Waals surface area (Å²) in [5.41, 5.74) is -0.890. The summed E-state index contributed by atoms with van der Waals surface area (Å²) in [7, 11) is 1.38. The molecular formula is C16H20F3NO2. The summed E-state index contributed by atoms with van der Waals surface area (Å²) in [6, 6.07) is 3.34. The van der Waals surface area contributed by atoms with Crippen molar-refractivity contribution in [2.45, 2.75) is 51.1 Å². The molecule has 0 atom stereocenters. The average Bonchev–Trinajstić information content (AvgIpc) is 2.35. The van der Waals surface area contributed by atoms with Crippen LogP contribution in [0.15, 0.2) is 18.2 Å². The normalized spacial score (nSPS) is 18.7. The molecule has 1 aliphatic carbocycles. The Morgan fingerprint density at radius 3 is 2.36 bits per heavy atom. The number of ether oxygens (including phenoxy) is 1. The number of halogens is 3. The van der Waals surface area contributed by atoms with Gasteiger partial charge in [0.15, 0.2) is 0 Å². The predicted molar refractivity (Wildman–Crippen MR) is 76.8 cm³/mol. The number of methoxy groups -OCH3 is 1. The zero-order valence-electron chi connectivity index (χ0n) is 13.1. The molecule has 0 spiro atoms. The van der Waals surface area contributed by atoms with Crippen LogP contribution in [0.25, 0.3) is 0 Å². The first kappa shape index (κ1) is 16.6. The van der Waals surface area contributed by atoms with Gasteiger partial charge in [-0.25, -0.2) is 13.2 Å². The lowest BCUT2D eigenvalue weighted by Gasteiger charge is -2.53. The Morgan fingerprint density at radius 2 is 1.91 bits per heavy atom. The van der Waals surface area contributed by atoms with Crippen LogP contribution in [0.2, 0.25) is 0 Å². The van der Waals surface area contributed by atoms with E-state index in [1.807, 2.05) is 0 Å². The Bertz CT molecular complexity index is 579. The Hall–Kier alpha value is -1.72. The van der Waals surface area contributed by atoms with Gasteiger partial charge >= 0.3 is 0 Å². The molecule has 22 heavy (non-hydrogen) atoms. The standard InChI is InChI=1S/C16H20F3NO2/c1-10(2)20(15(3)8-16(18,19)9-15)14(21)12-7-11(17)5-6-13(12)22-4/h5-7,10H,8-9H2,1-4H3. The number of amides is 1. The van der Waals surface area contributed by atoms with E-state index in [1.54, 1.807) is 20.8 Å². The van der Waals surface area contributed by atoms with Crippen molar-refractivity contribution < 1.29 is 22.7 Å². The average molecular weight is 315 g/mol. The fourth-order valence-corrected chi connectivity index (χ4v) is 3.31. The second-order valence-corrected chi connectivity index (χ2v) is 6.32. The molecule has 0 aromatic heterocycles. The summed E-state index contributed by atoms with van der Waals surface area (Å²) in [5.74, 6) is -3.60. The Labute approximate surface area is 128 Å². The fourth-order valence-electron chi connectivity index (χ4n) is 3.31. The number of hydrogen-bond acceptors (Lipinski definition) is 2. The summed E-state index contributed by atoms with van der Waals surface area (Å²) in [6.07, 6.45) is -0.775. The van der Waals surface area contributed by atoms with Crippen LogP contribution >= 0.6 is 0 Å². The van der Waals surface area contributed by atoms with Crippen molar-refractivity contribution in [2.24, 2.45) is 0 Å². The zero-order valence-corrected chi connectivity index (χ0v) is 13.1. The van der Waals surface area contributed by atoms with Gasteiger partial charge < -0.3 is 9.64 Å². The SMILES string of the molecule is COc1ccc(F)cc1C(=O)N(C(C)C)C1(C)CC(F)(F)C1. The maximum atomic E-state index is 13.5. The lowest BCUT2D eigenvalue weighted by Crippen LogP contribution is -2.64. The summed E-state index contributed by atoms with van der Waals surface area (Å²) >= 11 is 0. The van der Waals surface area contributed by atoms with Crippen LogP contribution in [0, 0.1) is 5.82 Å². The van der Waals surface area contributed by atoms with Crippen LogP contribution in [0.4, 0.5) is 13.2 Å². The maximum absolute atomic E-state index is 13.5. The quantitative estimate of drug-likeness (QED) is 0.844. The van der Waals surface area contributed by atoms with Crippen molar-refractivity contribution in [1.82, 2.24) is 4.90 Å². The first-order valence-corrected chi connectivity index (χ1v) is 7.15. The van der Waals surface area contributed by atoms with Crippen molar-refractivity contribution in [3.63, 3.8) is 0 Å². The van der Waals surface area contributed by atoms with Gasteiger partial charge in [-0.1, -0.05) is 0 Å². The van der Waals surface area contributed by atoms with Crippen LogP contribution in [-0.4, -0.2) is 35.4 Å². The highest BCUT2D eigenvalue weighted by Crippen LogP contribution is 2.50. The minimum Gasteiger partial charge on any atom is -0.496 e. The molecule has 0 unspecified atom stereocenters. The molecule has 0 N–H and O–H groups in total. The third-order valence-corrected chi connectivity index (χ3v) is 3.99. The molecule has 1 amide bonds. The zero-order chi connectivity index (χ0) is 16.7. The molecule has 122 valence electrons. The first-order chi connectivity index (χ1) is 10.1. The molecule has 1 aromatic rings. The Kier molecular flexibility index (Phi) is 4.15. The van der Waals surface area contributed by atoms with Gasteiger partial charge in [0.1, 0.15) is 11.6 Å². The third kappa shape index (κ3) is 2.91. The minimum atomic E-state index is -2.76. The second kappa shape index (κ2) is 5.48. The lowest BCUT2D eigenvalue weighted by molar-refractivity contribution is -0.163. The molecule has 0 aliphatic heterocycles. The van der Waals surface area contributed by atoms with Gasteiger partial charge in [0.2, 0.25) is 0 Å². The molecule has 0 saturated heterocycles. The van der Waals surface area contributed by atoms with E-state index in [2.05, 4.69) is 0 Å². The van der Waals surface area contributed by atoms with E-state index < -0.39 is 23.2 Å². The Balaban J connectivity index is 2.38. The molecule has 3 nitrogen and oxygen atoms in total. The molecular weight excluding hydrogens is 295 g/mol. The topological polar surface area (TPSA) is 29.5 Å². The Morgan fingerprint density at radius 1 is 1.32 bits per heavy atom. The van der Waals surface area contributed by atoms with Crippen molar-refractivity contribution in [1.29, 1.82) is 0 Å². The summed E-state index contributed by atoms with van der Waals surface area (Å²) in [5, 5.41) is 0. The van der Waals surface area contributed by atoms with Gasteiger partial charge in [-0.05, 0) is 39.0 Å². The monoisotopic (exact) mass is 315 g/mol. The number of hydrogen-bond donors (Lipinski definition) is 0. The van der Waals surface area contributed by atoms with E-state index in [1.165, 1.54) is 24.1 Å². The van der Waals surface area contributed by atoms with Crippen molar-refractivity contribution in [3.05, 3.63) is 29.6 Å². The summed E-state index contributed by atoms with van der Waals surface area (Å²) in [4.78, 5) is 14.2.